The molecule has 1 amide bonds. The second kappa shape index (κ2) is 10.2. The van der Waals surface area contributed by atoms with Gasteiger partial charge in [0.1, 0.15) is 11.5 Å². The fraction of sp³-hybridized carbons (Fsp3) is 0.200. The predicted octanol–water partition coefficient (Wildman–Crippen LogP) is 1.90. The maximum Gasteiger partial charge on any atom is 0.330 e. The van der Waals surface area contributed by atoms with E-state index in [-0.39, 0.29) is 42.3 Å². The largest absolute Gasteiger partial charge is 0.383 e. The topological polar surface area (TPSA) is 127 Å². The number of aromatic amines is 1. The Hall–Kier alpha value is -4.44. The van der Waals surface area contributed by atoms with Crippen molar-refractivity contribution in [1.29, 1.82) is 0 Å². The van der Waals surface area contributed by atoms with E-state index < -0.39 is 17.2 Å². The normalized spacial score (nSPS) is 10.9. The number of anilines is 2. The molecule has 2 aromatic carbocycles. The summed E-state index contributed by atoms with van der Waals surface area (Å²) in [6, 6.07) is 17.6. The van der Waals surface area contributed by atoms with Crippen LogP contribution in [0.1, 0.15) is 15.9 Å². The van der Waals surface area contributed by atoms with Crippen LogP contribution in [-0.4, -0.2) is 33.7 Å². The van der Waals surface area contributed by atoms with E-state index in [0.29, 0.717) is 10.9 Å². The fourth-order valence-electron chi connectivity index (χ4n) is 3.82. The first-order chi connectivity index (χ1) is 16.9. The minimum Gasteiger partial charge on any atom is -0.383 e. The van der Waals surface area contributed by atoms with E-state index >= 15 is 0 Å². The van der Waals surface area contributed by atoms with Crippen molar-refractivity contribution in [3.05, 3.63) is 103 Å². The molecule has 0 atom stereocenters. The Morgan fingerprint density at radius 2 is 1.74 bits per heavy atom. The van der Waals surface area contributed by atoms with Crippen molar-refractivity contribution in [2.45, 2.75) is 13.1 Å². The molecule has 3 N–H and O–H groups in total. The molecule has 2 aromatic heterocycles. The summed E-state index contributed by atoms with van der Waals surface area (Å²) >= 11 is 0. The Kier molecular flexibility index (Phi) is 6.93. The molecule has 0 saturated carbocycles. The minimum atomic E-state index is -0.693. The lowest BCUT2D eigenvalue weighted by Crippen LogP contribution is -2.36. The first-order valence-corrected chi connectivity index (χ1v) is 10.9. The number of hydrogen-bond acceptors (Lipinski definition) is 6. The molecule has 180 valence electrons. The number of nitrogens with zero attached hydrogens (tertiary/aromatic N) is 2. The SMILES string of the molecule is COCCn1c(NC(=O)c2cc(=O)n(C)c3ccccc23)c(NCc2ccccc2)c(=O)[nH]c1=O. The number of H-pyrrole nitrogens is 1. The highest BCUT2D eigenvalue weighted by molar-refractivity contribution is 6.12. The van der Waals surface area contributed by atoms with Gasteiger partial charge in [0, 0.05) is 32.2 Å². The summed E-state index contributed by atoms with van der Waals surface area (Å²) in [4.78, 5) is 53.6. The number of para-hydroxylation sites is 1. The molecule has 0 bridgehead atoms. The number of hydrogen-bond donors (Lipinski definition) is 3. The summed E-state index contributed by atoms with van der Waals surface area (Å²) in [6.07, 6.45) is 0. The zero-order valence-corrected chi connectivity index (χ0v) is 19.3. The quantitative estimate of drug-likeness (QED) is 0.357. The Balaban J connectivity index is 1.80. The van der Waals surface area contributed by atoms with Crippen LogP contribution < -0.4 is 27.4 Å². The summed E-state index contributed by atoms with van der Waals surface area (Å²) < 4.78 is 7.77. The number of amides is 1. The Bertz CT molecular complexity index is 1550. The van der Waals surface area contributed by atoms with E-state index in [1.807, 2.05) is 30.3 Å². The summed E-state index contributed by atoms with van der Waals surface area (Å²) in [5.74, 6) is -0.640. The predicted molar refractivity (Wildman–Crippen MR) is 134 cm³/mol. The molecule has 0 fully saturated rings. The van der Waals surface area contributed by atoms with Crippen molar-refractivity contribution in [2.75, 3.05) is 24.4 Å². The molecule has 10 heteroatoms. The number of ether oxygens (including phenoxy) is 1. The highest BCUT2D eigenvalue weighted by atomic mass is 16.5. The molecule has 4 rings (SSSR count). The minimum absolute atomic E-state index is 0.0125. The number of nitrogens with one attached hydrogen (secondary N) is 3. The van der Waals surface area contributed by atoms with E-state index in [9.17, 15) is 19.2 Å². The third kappa shape index (κ3) is 4.92. The van der Waals surface area contributed by atoms with Crippen molar-refractivity contribution in [1.82, 2.24) is 14.1 Å². The van der Waals surface area contributed by atoms with Crippen LogP contribution in [0, 0.1) is 0 Å². The van der Waals surface area contributed by atoms with Gasteiger partial charge in [-0.15, -0.1) is 0 Å². The molecule has 4 aromatic rings. The summed E-state index contributed by atoms with van der Waals surface area (Å²) in [5.41, 5.74) is -0.106. The number of carbonyl (C=O) groups is 1. The molecule has 0 spiro atoms. The lowest BCUT2D eigenvalue weighted by molar-refractivity contribution is 0.102. The number of fused-ring (bicyclic) bond motifs is 1. The van der Waals surface area contributed by atoms with Crippen molar-refractivity contribution in [2.24, 2.45) is 7.05 Å². The molecular weight excluding hydrogens is 450 g/mol. The van der Waals surface area contributed by atoms with E-state index in [1.54, 1.807) is 31.3 Å². The van der Waals surface area contributed by atoms with Crippen LogP contribution in [0.4, 0.5) is 11.5 Å². The zero-order chi connectivity index (χ0) is 24.9. The molecule has 2 heterocycles. The van der Waals surface area contributed by atoms with Gasteiger partial charge in [0.15, 0.2) is 0 Å². The standard InChI is InChI=1S/C25H25N5O5/c1-29-19-11-7-6-10-17(19)18(14-20(29)31)23(32)27-22-21(26-15-16-8-4-3-5-9-16)24(33)28-25(34)30(22)12-13-35-2/h3-11,14,26H,12-13,15H2,1-2H3,(H,27,32)(H,28,33,34). The maximum atomic E-state index is 13.4. The zero-order valence-electron chi connectivity index (χ0n) is 19.3. The summed E-state index contributed by atoms with van der Waals surface area (Å²) in [7, 11) is 3.10. The third-order valence-electron chi connectivity index (χ3n) is 5.66. The van der Waals surface area contributed by atoms with Crippen LogP contribution in [0.2, 0.25) is 0 Å². The van der Waals surface area contributed by atoms with Gasteiger partial charge >= 0.3 is 5.69 Å². The molecule has 0 aliphatic rings. The highest BCUT2D eigenvalue weighted by Gasteiger charge is 2.20. The number of rotatable bonds is 8. The van der Waals surface area contributed by atoms with Crippen LogP contribution in [0.25, 0.3) is 10.9 Å². The number of benzene rings is 2. The summed E-state index contributed by atoms with van der Waals surface area (Å²) in [5, 5.41) is 6.29. The monoisotopic (exact) mass is 475 g/mol. The Labute approximate surface area is 199 Å². The van der Waals surface area contributed by atoms with Crippen LogP contribution in [0.15, 0.2) is 75.0 Å². The first-order valence-electron chi connectivity index (χ1n) is 10.9. The van der Waals surface area contributed by atoms with Crippen molar-refractivity contribution < 1.29 is 9.53 Å². The average molecular weight is 476 g/mol. The molecule has 0 aliphatic carbocycles. The number of aryl methyl sites for hydroxylation is 1. The van der Waals surface area contributed by atoms with Crippen molar-refractivity contribution in [3.63, 3.8) is 0 Å². The average Bonchev–Trinajstić information content (AvgIpc) is 2.86. The Morgan fingerprint density at radius 3 is 2.49 bits per heavy atom. The van der Waals surface area contributed by atoms with E-state index in [2.05, 4.69) is 15.6 Å². The molecule has 10 nitrogen and oxygen atoms in total. The number of aromatic nitrogens is 3. The highest BCUT2D eigenvalue weighted by Crippen LogP contribution is 2.21. The molecule has 0 unspecified atom stereocenters. The maximum absolute atomic E-state index is 13.4. The van der Waals surface area contributed by atoms with E-state index in [4.69, 9.17) is 4.74 Å². The van der Waals surface area contributed by atoms with Crippen LogP contribution in [-0.2, 0) is 24.9 Å². The van der Waals surface area contributed by atoms with Crippen LogP contribution in [0.3, 0.4) is 0 Å². The number of carbonyl (C=O) groups excluding carboxylic acids is 1. The molecule has 0 radical (unpaired) electrons. The molecule has 0 aliphatic heterocycles. The second-order valence-electron chi connectivity index (χ2n) is 7.89. The van der Waals surface area contributed by atoms with Gasteiger partial charge in [-0.2, -0.15) is 0 Å². The van der Waals surface area contributed by atoms with E-state index in [1.165, 1.54) is 22.3 Å². The van der Waals surface area contributed by atoms with Gasteiger partial charge in [0.25, 0.3) is 17.0 Å². The first kappa shape index (κ1) is 23.7. The van der Waals surface area contributed by atoms with Crippen molar-refractivity contribution in [3.8, 4) is 0 Å². The Morgan fingerprint density at radius 1 is 1.03 bits per heavy atom. The smallest absolute Gasteiger partial charge is 0.330 e. The number of methoxy groups -OCH3 is 1. The van der Waals surface area contributed by atoms with Gasteiger partial charge in [-0.1, -0.05) is 48.5 Å². The molecule has 35 heavy (non-hydrogen) atoms. The van der Waals surface area contributed by atoms with Crippen LogP contribution >= 0.6 is 0 Å². The van der Waals surface area contributed by atoms with E-state index in [0.717, 1.165) is 5.56 Å². The van der Waals surface area contributed by atoms with Crippen LogP contribution in [0.5, 0.6) is 0 Å². The van der Waals surface area contributed by atoms with Gasteiger partial charge in [-0.05, 0) is 11.6 Å². The van der Waals surface area contributed by atoms with Gasteiger partial charge in [0.2, 0.25) is 0 Å². The van der Waals surface area contributed by atoms with Gasteiger partial charge in [-0.3, -0.25) is 23.9 Å². The lowest BCUT2D eigenvalue weighted by atomic mass is 10.1. The second-order valence-corrected chi connectivity index (χ2v) is 7.89. The van der Waals surface area contributed by atoms with Gasteiger partial charge in [0.05, 0.1) is 24.2 Å². The molecular formula is C25H25N5O5. The fourth-order valence-corrected chi connectivity index (χ4v) is 3.82. The summed E-state index contributed by atoms with van der Waals surface area (Å²) in [6.45, 7) is 0.533. The lowest BCUT2D eigenvalue weighted by Gasteiger charge is -2.18. The number of pyridine rings is 1. The van der Waals surface area contributed by atoms with Gasteiger partial charge < -0.3 is 19.9 Å². The molecule has 0 saturated heterocycles. The van der Waals surface area contributed by atoms with Gasteiger partial charge in [-0.25, -0.2) is 4.79 Å². The van der Waals surface area contributed by atoms with Crippen molar-refractivity contribution >= 4 is 28.3 Å². The third-order valence-corrected chi connectivity index (χ3v) is 5.66.